The number of unbranched alkanes of at least 4 members (excludes halogenated alkanes) is 2. The summed E-state index contributed by atoms with van der Waals surface area (Å²) in [7, 11) is 0. The van der Waals surface area contributed by atoms with E-state index in [1.54, 1.807) is 6.07 Å². The Bertz CT molecular complexity index is 653. The highest BCUT2D eigenvalue weighted by atomic mass is 19.1. The van der Waals surface area contributed by atoms with Crippen LogP contribution in [0.4, 0.5) is 4.39 Å². The Morgan fingerprint density at radius 1 is 1.15 bits per heavy atom. The minimum Gasteiger partial charge on any atom is -0.352 e. The summed E-state index contributed by atoms with van der Waals surface area (Å²) < 4.78 is 26.0. The Labute approximate surface area is 162 Å². The molecule has 2 aliphatic rings. The van der Waals surface area contributed by atoms with Crippen molar-refractivity contribution in [1.82, 2.24) is 0 Å². The van der Waals surface area contributed by atoms with Crippen molar-refractivity contribution in [2.75, 3.05) is 13.2 Å². The van der Waals surface area contributed by atoms with Crippen LogP contribution in [-0.2, 0) is 9.47 Å². The molecule has 3 nitrogen and oxygen atoms in total. The molecule has 1 aromatic carbocycles. The number of benzene rings is 1. The second kappa shape index (κ2) is 10.0. The van der Waals surface area contributed by atoms with Crippen LogP contribution in [0, 0.1) is 29.0 Å². The van der Waals surface area contributed by atoms with E-state index in [0.717, 1.165) is 57.3 Å². The summed E-state index contributed by atoms with van der Waals surface area (Å²) in [6.07, 6.45) is 10.7. The van der Waals surface area contributed by atoms with Gasteiger partial charge in [0, 0.05) is 11.8 Å². The predicted octanol–water partition coefficient (Wildman–Crippen LogP) is 5.71. The van der Waals surface area contributed by atoms with E-state index in [1.165, 1.54) is 18.9 Å². The van der Waals surface area contributed by atoms with Crippen molar-refractivity contribution < 1.29 is 13.9 Å². The standard InChI is InChI=1S/C23H30FNO2/c1-2-3-4-5-6-17-15-26-23(27-16-17)19-9-7-18(8-10-19)20-11-12-21(14-25)22(24)13-20/h2,11-13,17-19,23H,1,3-10,15-16H2/t17-,18?,19?,23-. The molecule has 2 fully saturated rings. The van der Waals surface area contributed by atoms with Gasteiger partial charge in [0.1, 0.15) is 11.9 Å². The molecule has 1 aromatic rings. The van der Waals surface area contributed by atoms with Gasteiger partial charge in [-0.15, -0.1) is 6.58 Å². The predicted molar refractivity (Wildman–Crippen MR) is 104 cm³/mol. The van der Waals surface area contributed by atoms with Gasteiger partial charge in [0.05, 0.1) is 18.8 Å². The number of hydrogen-bond donors (Lipinski definition) is 0. The first-order chi connectivity index (χ1) is 13.2. The fraction of sp³-hybridized carbons (Fsp3) is 0.609. The SMILES string of the molecule is C=CCCCC[C@H]1CO[C@H](C2CCC(c3ccc(C#N)c(F)c3)CC2)OC1. The first-order valence-corrected chi connectivity index (χ1v) is 10.2. The summed E-state index contributed by atoms with van der Waals surface area (Å²) in [5.41, 5.74) is 1.13. The summed E-state index contributed by atoms with van der Waals surface area (Å²) in [5, 5.41) is 8.87. The van der Waals surface area contributed by atoms with Crippen LogP contribution in [0.5, 0.6) is 0 Å². The van der Waals surface area contributed by atoms with Crippen molar-refractivity contribution in [1.29, 1.82) is 5.26 Å². The number of hydrogen-bond acceptors (Lipinski definition) is 3. The molecule has 0 amide bonds. The lowest BCUT2D eigenvalue weighted by molar-refractivity contribution is -0.229. The van der Waals surface area contributed by atoms with Gasteiger partial charge in [0.25, 0.3) is 0 Å². The minimum absolute atomic E-state index is 0.0759. The average molecular weight is 371 g/mol. The smallest absolute Gasteiger partial charge is 0.160 e. The van der Waals surface area contributed by atoms with Crippen LogP contribution in [-0.4, -0.2) is 19.5 Å². The van der Waals surface area contributed by atoms with Crippen LogP contribution in [0.15, 0.2) is 30.9 Å². The van der Waals surface area contributed by atoms with E-state index in [0.29, 0.717) is 17.8 Å². The second-order valence-electron chi connectivity index (χ2n) is 7.94. The van der Waals surface area contributed by atoms with Gasteiger partial charge in [-0.3, -0.25) is 0 Å². The van der Waals surface area contributed by atoms with Crippen LogP contribution in [0.2, 0.25) is 0 Å². The average Bonchev–Trinajstić information content (AvgIpc) is 2.72. The van der Waals surface area contributed by atoms with Gasteiger partial charge in [-0.25, -0.2) is 4.39 Å². The van der Waals surface area contributed by atoms with Crippen molar-refractivity contribution in [2.24, 2.45) is 11.8 Å². The summed E-state index contributed by atoms with van der Waals surface area (Å²) in [6.45, 7) is 5.37. The maximum Gasteiger partial charge on any atom is 0.160 e. The maximum absolute atomic E-state index is 13.9. The third kappa shape index (κ3) is 5.40. The molecule has 1 aliphatic heterocycles. The van der Waals surface area contributed by atoms with Gasteiger partial charge in [0.15, 0.2) is 6.29 Å². The molecular weight excluding hydrogens is 341 g/mol. The van der Waals surface area contributed by atoms with E-state index in [9.17, 15) is 4.39 Å². The summed E-state index contributed by atoms with van der Waals surface area (Å²) in [5.74, 6) is 0.912. The highest BCUT2D eigenvalue weighted by Gasteiger charge is 2.32. The quantitative estimate of drug-likeness (QED) is 0.455. The van der Waals surface area contributed by atoms with Gasteiger partial charge in [-0.1, -0.05) is 18.6 Å². The van der Waals surface area contributed by atoms with Crippen molar-refractivity contribution in [3.63, 3.8) is 0 Å². The fourth-order valence-corrected chi connectivity index (χ4v) is 4.32. The number of nitrogens with zero attached hydrogens (tertiary/aromatic N) is 1. The van der Waals surface area contributed by atoms with E-state index >= 15 is 0 Å². The normalized spacial score (nSPS) is 28.4. The van der Waals surface area contributed by atoms with Gasteiger partial charge in [0.2, 0.25) is 0 Å². The minimum atomic E-state index is -0.407. The van der Waals surface area contributed by atoms with Crippen LogP contribution in [0.25, 0.3) is 0 Å². The summed E-state index contributed by atoms with van der Waals surface area (Å²) in [4.78, 5) is 0. The summed E-state index contributed by atoms with van der Waals surface area (Å²) >= 11 is 0. The third-order valence-corrected chi connectivity index (χ3v) is 6.00. The van der Waals surface area contributed by atoms with Crippen LogP contribution in [0.1, 0.15) is 68.4 Å². The van der Waals surface area contributed by atoms with Crippen molar-refractivity contribution >= 4 is 0 Å². The van der Waals surface area contributed by atoms with E-state index in [-0.39, 0.29) is 11.9 Å². The van der Waals surface area contributed by atoms with E-state index in [4.69, 9.17) is 14.7 Å². The van der Waals surface area contributed by atoms with Crippen LogP contribution >= 0.6 is 0 Å². The molecule has 0 spiro atoms. The number of allylic oxidation sites excluding steroid dienone is 1. The molecule has 1 heterocycles. The van der Waals surface area contributed by atoms with Gasteiger partial charge in [-0.2, -0.15) is 5.26 Å². The lowest BCUT2D eigenvalue weighted by Gasteiger charge is -2.37. The van der Waals surface area contributed by atoms with Gasteiger partial charge < -0.3 is 9.47 Å². The Morgan fingerprint density at radius 3 is 2.52 bits per heavy atom. The van der Waals surface area contributed by atoms with Gasteiger partial charge >= 0.3 is 0 Å². The summed E-state index contributed by atoms with van der Waals surface area (Å²) in [6, 6.07) is 6.92. The zero-order valence-corrected chi connectivity index (χ0v) is 16.0. The number of rotatable bonds is 7. The Morgan fingerprint density at radius 2 is 1.89 bits per heavy atom. The topological polar surface area (TPSA) is 42.2 Å². The number of halogens is 1. The fourth-order valence-electron chi connectivity index (χ4n) is 4.32. The first-order valence-electron chi connectivity index (χ1n) is 10.2. The largest absolute Gasteiger partial charge is 0.352 e. The molecular formula is C23H30FNO2. The molecule has 0 atom stereocenters. The van der Waals surface area contributed by atoms with Crippen LogP contribution in [0.3, 0.4) is 0 Å². The molecule has 4 heteroatoms. The molecule has 0 radical (unpaired) electrons. The zero-order chi connectivity index (χ0) is 19.1. The molecule has 0 aromatic heterocycles. The number of nitriles is 1. The highest BCUT2D eigenvalue weighted by Crippen LogP contribution is 2.39. The zero-order valence-electron chi connectivity index (χ0n) is 16.0. The van der Waals surface area contributed by atoms with E-state index in [1.807, 2.05) is 18.2 Å². The molecule has 27 heavy (non-hydrogen) atoms. The van der Waals surface area contributed by atoms with E-state index < -0.39 is 5.82 Å². The van der Waals surface area contributed by atoms with Gasteiger partial charge in [-0.05, 0) is 68.6 Å². The van der Waals surface area contributed by atoms with Crippen molar-refractivity contribution in [3.05, 3.63) is 47.8 Å². The lowest BCUT2D eigenvalue weighted by Crippen LogP contribution is -2.38. The highest BCUT2D eigenvalue weighted by molar-refractivity contribution is 5.34. The third-order valence-electron chi connectivity index (χ3n) is 6.00. The first kappa shape index (κ1) is 20.0. The maximum atomic E-state index is 13.9. The molecule has 1 saturated heterocycles. The van der Waals surface area contributed by atoms with Crippen molar-refractivity contribution in [3.8, 4) is 6.07 Å². The molecule has 1 saturated carbocycles. The lowest BCUT2D eigenvalue weighted by atomic mass is 9.78. The second-order valence-corrected chi connectivity index (χ2v) is 7.94. The Kier molecular flexibility index (Phi) is 7.43. The molecule has 0 N–H and O–H groups in total. The van der Waals surface area contributed by atoms with Crippen molar-refractivity contribution in [2.45, 2.75) is 63.6 Å². The Balaban J connectivity index is 1.42. The van der Waals surface area contributed by atoms with E-state index in [2.05, 4.69) is 6.58 Å². The van der Waals surface area contributed by atoms with Crippen LogP contribution < -0.4 is 0 Å². The Hall–Kier alpha value is -1.70. The molecule has 3 rings (SSSR count). The monoisotopic (exact) mass is 371 g/mol. The molecule has 0 unspecified atom stereocenters. The number of ether oxygens (including phenoxy) is 2. The molecule has 1 aliphatic carbocycles. The molecule has 0 bridgehead atoms. The molecule has 146 valence electrons.